The third-order valence-corrected chi connectivity index (χ3v) is 5.76. The summed E-state index contributed by atoms with van der Waals surface area (Å²) >= 11 is 6.52. The maximum absolute atomic E-state index is 12.2. The second kappa shape index (κ2) is 9.92. The number of nitrogens with zero attached hydrogens (tertiary/aromatic N) is 1. The van der Waals surface area contributed by atoms with Crippen molar-refractivity contribution >= 4 is 34.4 Å². The Morgan fingerprint density at radius 3 is 2.59 bits per heavy atom. The van der Waals surface area contributed by atoms with E-state index >= 15 is 0 Å². The van der Waals surface area contributed by atoms with E-state index < -0.39 is 12.1 Å². The third-order valence-electron chi connectivity index (χ3n) is 5.41. The molecule has 3 aromatic rings. The Hall–Kier alpha value is -3.25. The fourth-order valence-corrected chi connectivity index (χ4v) is 3.75. The van der Waals surface area contributed by atoms with Gasteiger partial charge in [-0.1, -0.05) is 30.3 Å². The molecule has 1 atom stereocenters. The zero-order valence-corrected chi connectivity index (χ0v) is 19.4. The molecular weight excluding hydrogens is 430 g/mol. The van der Waals surface area contributed by atoms with Gasteiger partial charge >= 0.3 is 11.9 Å². The minimum absolute atomic E-state index is 0.173. The number of hydrogen-bond acceptors (Lipinski definition) is 5. The lowest BCUT2D eigenvalue weighted by molar-refractivity contribution is -0.147. The summed E-state index contributed by atoms with van der Waals surface area (Å²) in [5.41, 5.74) is 4.56. The summed E-state index contributed by atoms with van der Waals surface area (Å²) in [6.45, 7) is 9.96. The lowest BCUT2D eigenvalue weighted by Crippen LogP contribution is -2.24. The molecular formula is C25H26ClNO5. The number of rotatable bonds is 8. The number of methoxy groups -OCH3 is 1. The van der Waals surface area contributed by atoms with Gasteiger partial charge in [-0.2, -0.15) is 0 Å². The quantitative estimate of drug-likeness (QED) is 0.343. The minimum Gasteiger partial charge on any atom is -0.479 e. The lowest BCUT2D eigenvalue weighted by Gasteiger charge is -2.15. The zero-order valence-electron chi connectivity index (χ0n) is 18.6. The van der Waals surface area contributed by atoms with E-state index in [1.807, 2.05) is 32.0 Å². The molecule has 6 nitrogen and oxygen atoms in total. The number of fused-ring (bicyclic) bond motifs is 1. The first kappa shape index (κ1) is 23.4. The number of ether oxygens (including phenoxy) is 3. The summed E-state index contributed by atoms with van der Waals surface area (Å²) in [5.74, 6) is -0.344. The summed E-state index contributed by atoms with van der Waals surface area (Å²) in [6.07, 6.45) is 0.811. The molecule has 7 heteroatoms. The Bertz CT molecular complexity index is 1180. The highest BCUT2D eigenvalue weighted by Crippen LogP contribution is 2.30. The number of carbonyl (C=O) groups is 2. The van der Waals surface area contributed by atoms with Gasteiger partial charge in [0.15, 0.2) is 6.10 Å². The van der Waals surface area contributed by atoms with Gasteiger partial charge in [0.05, 0.1) is 12.7 Å². The second-order valence-electron chi connectivity index (χ2n) is 7.45. The molecule has 0 aliphatic carbocycles. The minimum atomic E-state index is -0.729. The molecule has 3 rings (SSSR count). The van der Waals surface area contributed by atoms with Gasteiger partial charge in [-0.15, -0.1) is 0 Å². The fourth-order valence-electron chi connectivity index (χ4n) is 3.52. The number of carbonyl (C=O) groups excluding carboxylic acids is 2. The van der Waals surface area contributed by atoms with E-state index in [1.54, 1.807) is 31.2 Å². The van der Waals surface area contributed by atoms with Crippen LogP contribution in [0.2, 0.25) is 5.02 Å². The average molecular weight is 456 g/mol. The van der Waals surface area contributed by atoms with E-state index in [2.05, 4.69) is 15.9 Å². The Labute approximate surface area is 192 Å². The van der Waals surface area contributed by atoms with Crippen LogP contribution in [0.15, 0.2) is 49.1 Å². The zero-order chi connectivity index (χ0) is 23.4. The van der Waals surface area contributed by atoms with Crippen molar-refractivity contribution in [3.05, 3.63) is 76.5 Å². The van der Waals surface area contributed by atoms with Crippen LogP contribution in [0, 0.1) is 13.8 Å². The van der Waals surface area contributed by atoms with Gasteiger partial charge in [0, 0.05) is 28.2 Å². The van der Waals surface area contributed by atoms with Crippen LogP contribution in [-0.2, 0) is 20.8 Å². The summed E-state index contributed by atoms with van der Waals surface area (Å²) in [5, 5.41) is 1.52. The van der Waals surface area contributed by atoms with E-state index in [-0.39, 0.29) is 12.6 Å². The molecule has 0 bridgehead atoms. The van der Waals surface area contributed by atoms with Crippen LogP contribution < -0.4 is 4.74 Å². The number of benzene rings is 2. The standard InChI is InChI=1S/C25H26ClNO5/c1-6-11-31-25(29)18-8-10-23-21(12-18)15(2)16(3)27(23)14-19-7-9-20(13-22(19)26)32-17(4)24(28)30-5/h6-10,12-13,17H,1,11,14H2,2-5H3/t17-/m1/s1. The first-order valence-electron chi connectivity index (χ1n) is 10.2. The monoisotopic (exact) mass is 455 g/mol. The van der Waals surface area contributed by atoms with Crippen LogP contribution in [0.1, 0.15) is 34.1 Å². The highest BCUT2D eigenvalue weighted by Gasteiger charge is 2.17. The molecule has 0 amide bonds. The van der Waals surface area contributed by atoms with Crippen molar-refractivity contribution in [2.45, 2.75) is 33.4 Å². The van der Waals surface area contributed by atoms with Gasteiger partial charge in [-0.25, -0.2) is 9.59 Å². The maximum Gasteiger partial charge on any atom is 0.346 e. The summed E-state index contributed by atoms with van der Waals surface area (Å²) in [4.78, 5) is 23.8. The van der Waals surface area contributed by atoms with Gasteiger partial charge in [0.2, 0.25) is 0 Å². The molecule has 0 N–H and O–H groups in total. The number of aryl methyl sites for hydroxylation is 1. The van der Waals surface area contributed by atoms with Crippen LogP contribution >= 0.6 is 11.6 Å². The van der Waals surface area contributed by atoms with Crippen LogP contribution in [0.5, 0.6) is 5.75 Å². The van der Waals surface area contributed by atoms with E-state index in [4.69, 9.17) is 21.1 Å². The maximum atomic E-state index is 12.2. The molecule has 1 heterocycles. The van der Waals surface area contributed by atoms with Crippen LogP contribution in [0.25, 0.3) is 10.9 Å². The Morgan fingerprint density at radius 1 is 1.19 bits per heavy atom. The van der Waals surface area contributed by atoms with Gasteiger partial charge in [-0.3, -0.25) is 0 Å². The number of aromatic nitrogens is 1. The highest BCUT2D eigenvalue weighted by atomic mass is 35.5. The van der Waals surface area contributed by atoms with Crippen molar-refractivity contribution in [1.82, 2.24) is 4.57 Å². The molecule has 0 fully saturated rings. The number of halogens is 1. The van der Waals surface area contributed by atoms with Crippen LogP contribution in [0.4, 0.5) is 0 Å². The predicted molar refractivity (Wildman–Crippen MR) is 125 cm³/mol. The molecule has 32 heavy (non-hydrogen) atoms. The number of esters is 2. The summed E-state index contributed by atoms with van der Waals surface area (Å²) in [7, 11) is 1.32. The van der Waals surface area contributed by atoms with E-state index in [9.17, 15) is 9.59 Å². The molecule has 0 aliphatic heterocycles. The van der Waals surface area contributed by atoms with Crippen LogP contribution in [-0.4, -0.2) is 36.3 Å². The van der Waals surface area contributed by atoms with E-state index in [0.717, 1.165) is 27.7 Å². The molecule has 0 unspecified atom stereocenters. The lowest BCUT2D eigenvalue weighted by atomic mass is 10.1. The van der Waals surface area contributed by atoms with Crippen molar-refractivity contribution in [3.63, 3.8) is 0 Å². The number of hydrogen-bond donors (Lipinski definition) is 0. The van der Waals surface area contributed by atoms with E-state index in [1.165, 1.54) is 7.11 Å². The SMILES string of the molecule is C=CCOC(=O)c1ccc2c(c1)c(C)c(C)n2Cc1ccc(O[C@H](C)C(=O)OC)cc1Cl. The van der Waals surface area contributed by atoms with Crippen LogP contribution in [0.3, 0.4) is 0 Å². The topological polar surface area (TPSA) is 66.8 Å². The first-order chi connectivity index (χ1) is 15.3. The second-order valence-corrected chi connectivity index (χ2v) is 7.86. The third kappa shape index (κ3) is 4.81. The average Bonchev–Trinajstić information content (AvgIpc) is 3.02. The Kier molecular flexibility index (Phi) is 7.26. The van der Waals surface area contributed by atoms with Gasteiger partial charge < -0.3 is 18.8 Å². The Morgan fingerprint density at radius 2 is 1.94 bits per heavy atom. The molecule has 2 aromatic carbocycles. The fraction of sp³-hybridized carbons (Fsp3) is 0.280. The first-order valence-corrected chi connectivity index (χ1v) is 10.5. The molecule has 0 spiro atoms. The summed E-state index contributed by atoms with van der Waals surface area (Å²) in [6, 6.07) is 10.9. The van der Waals surface area contributed by atoms with Crippen molar-refractivity contribution < 1.29 is 23.8 Å². The van der Waals surface area contributed by atoms with E-state index in [0.29, 0.717) is 22.9 Å². The van der Waals surface area contributed by atoms with Gasteiger partial charge in [0.25, 0.3) is 0 Å². The molecule has 0 saturated heterocycles. The molecule has 0 radical (unpaired) electrons. The smallest absolute Gasteiger partial charge is 0.346 e. The van der Waals surface area contributed by atoms with Crippen molar-refractivity contribution in [1.29, 1.82) is 0 Å². The van der Waals surface area contributed by atoms with Crippen molar-refractivity contribution in [2.75, 3.05) is 13.7 Å². The highest BCUT2D eigenvalue weighted by molar-refractivity contribution is 6.31. The van der Waals surface area contributed by atoms with Crippen molar-refractivity contribution in [3.8, 4) is 5.75 Å². The molecule has 0 saturated carbocycles. The molecule has 0 aliphatic rings. The molecule has 1 aromatic heterocycles. The predicted octanol–water partition coefficient (Wildman–Crippen LogP) is 5.24. The van der Waals surface area contributed by atoms with Gasteiger partial charge in [0.1, 0.15) is 12.4 Å². The molecule has 168 valence electrons. The normalized spacial score (nSPS) is 11.8. The Balaban J connectivity index is 1.88. The van der Waals surface area contributed by atoms with Gasteiger partial charge in [-0.05, 0) is 62.2 Å². The summed E-state index contributed by atoms with van der Waals surface area (Å²) < 4.78 is 17.6. The van der Waals surface area contributed by atoms with Crippen molar-refractivity contribution in [2.24, 2.45) is 0 Å². The largest absolute Gasteiger partial charge is 0.479 e.